The van der Waals surface area contributed by atoms with Crippen LogP contribution in [0.25, 0.3) is 0 Å². The fourth-order valence-corrected chi connectivity index (χ4v) is 7.45. The van der Waals surface area contributed by atoms with E-state index in [1.54, 1.807) is 0 Å². The highest BCUT2D eigenvalue weighted by atomic mass is 16.5. The molecule has 4 nitrogen and oxygen atoms in total. The van der Waals surface area contributed by atoms with Crippen LogP contribution in [0.15, 0.2) is 11.6 Å². The molecule has 0 saturated heterocycles. The van der Waals surface area contributed by atoms with Gasteiger partial charge in [-0.3, -0.25) is 14.4 Å². The SMILES string of the molecule is CC(=O)OC[C@@]12C(=CC(=O)CC1C)CC(C)[C@@H]1[C@H]2CC[C@]2(C)C(=O)CC[C@@H]12. The summed E-state index contributed by atoms with van der Waals surface area (Å²) in [4.78, 5) is 36.7. The van der Waals surface area contributed by atoms with Gasteiger partial charge in [-0.25, -0.2) is 0 Å². The van der Waals surface area contributed by atoms with E-state index in [-0.39, 0.29) is 28.5 Å². The van der Waals surface area contributed by atoms with Crippen molar-refractivity contribution in [1.29, 1.82) is 0 Å². The lowest BCUT2D eigenvalue weighted by molar-refractivity contribution is -0.157. The largest absolute Gasteiger partial charge is 0.465 e. The molecule has 2 unspecified atom stereocenters. The molecule has 0 N–H and O–H groups in total. The lowest BCUT2D eigenvalue weighted by Crippen LogP contribution is -2.58. The third-order valence-electron chi connectivity index (χ3n) is 8.74. The zero-order valence-corrected chi connectivity index (χ0v) is 17.0. The van der Waals surface area contributed by atoms with Crippen LogP contribution in [-0.2, 0) is 19.1 Å². The van der Waals surface area contributed by atoms with Gasteiger partial charge in [-0.05, 0) is 61.3 Å². The molecular formula is C23H32O4. The van der Waals surface area contributed by atoms with Gasteiger partial charge in [0.25, 0.3) is 0 Å². The minimum atomic E-state index is -0.250. The predicted octanol–water partition coefficient (Wildman–Crippen LogP) is 4.12. The molecule has 0 bridgehead atoms. The molecule has 0 aromatic carbocycles. The molecule has 4 aliphatic carbocycles. The van der Waals surface area contributed by atoms with Crippen molar-refractivity contribution in [2.24, 2.45) is 40.4 Å². The van der Waals surface area contributed by atoms with E-state index in [1.165, 1.54) is 12.5 Å². The van der Waals surface area contributed by atoms with Crippen LogP contribution in [-0.4, -0.2) is 24.1 Å². The number of Topliss-reactive ketones (excluding diaryl/α,β-unsaturated/α-hetero) is 1. The van der Waals surface area contributed by atoms with Gasteiger partial charge in [-0.15, -0.1) is 0 Å². The highest BCUT2D eigenvalue weighted by Crippen LogP contribution is 2.66. The van der Waals surface area contributed by atoms with Gasteiger partial charge in [-0.1, -0.05) is 26.3 Å². The summed E-state index contributed by atoms with van der Waals surface area (Å²) in [5.74, 6) is 2.32. The number of fused-ring (bicyclic) bond motifs is 5. The Kier molecular flexibility index (Phi) is 4.40. The molecule has 4 heteroatoms. The smallest absolute Gasteiger partial charge is 0.302 e. The minimum Gasteiger partial charge on any atom is -0.465 e. The van der Waals surface area contributed by atoms with Gasteiger partial charge in [0.2, 0.25) is 0 Å². The summed E-state index contributed by atoms with van der Waals surface area (Å²) in [5, 5.41) is 0. The summed E-state index contributed by atoms with van der Waals surface area (Å²) in [6.45, 7) is 8.50. The Morgan fingerprint density at radius 1 is 1.19 bits per heavy atom. The minimum absolute atomic E-state index is 0.172. The molecule has 0 heterocycles. The van der Waals surface area contributed by atoms with Gasteiger partial charge in [-0.2, -0.15) is 0 Å². The van der Waals surface area contributed by atoms with E-state index < -0.39 is 0 Å². The summed E-state index contributed by atoms with van der Waals surface area (Å²) >= 11 is 0. The molecule has 0 aromatic rings. The van der Waals surface area contributed by atoms with Crippen LogP contribution in [0.2, 0.25) is 0 Å². The van der Waals surface area contributed by atoms with Crippen LogP contribution in [0, 0.1) is 40.4 Å². The lowest BCUT2D eigenvalue weighted by Gasteiger charge is -2.61. The average molecular weight is 373 g/mol. The second kappa shape index (κ2) is 6.28. The van der Waals surface area contributed by atoms with Crippen molar-refractivity contribution in [1.82, 2.24) is 0 Å². The third kappa shape index (κ3) is 2.58. The summed E-state index contributed by atoms with van der Waals surface area (Å²) in [6, 6.07) is 0. The Morgan fingerprint density at radius 3 is 2.63 bits per heavy atom. The molecule has 0 aromatic heterocycles. The van der Waals surface area contributed by atoms with Gasteiger partial charge in [0, 0.05) is 30.6 Å². The Bertz CT molecular complexity index is 722. The van der Waals surface area contributed by atoms with Crippen molar-refractivity contribution >= 4 is 17.5 Å². The van der Waals surface area contributed by atoms with Crippen molar-refractivity contribution in [3.63, 3.8) is 0 Å². The molecule has 3 fully saturated rings. The lowest BCUT2D eigenvalue weighted by atomic mass is 9.43. The molecule has 3 saturated carbocycles. The van der Waals surface area contributed by atoms with E-state index in [1.807, 2.05) is 6.08 Å². The quantitative estimate of drug-likeness (QED) is 0.684. The van der Waals surface area contributed by atoms with Crippen LogP contribution in [0.5, 0.6) is 0 Å². The maximum Gasteiger partial charge on any atom is 0.302 e. The molecule has 148 valence electrons. The predicted molar refractivity (Wildman–Crippen MR) is 102 cm³/mol. The first-order valence-corrected chi connectivity index (χ1v) is 10.6. The number of carbonyl (C=O) groups is 3. The second-order valence-electron chi connectivity index (χ2n) is 9.95. The van der Waals surface area contributed by atoms with Crippen LogP contribution < -0.4 is 0 Å². The highest BCUT2D eigenvalue weighted by molar-refractivity contribution is 5.92. The van der Waals surface area contributed by atoms with Crippen LogP contribution in [0.4, 0.5) is 0 Å². The van der Waals surface area contributed by atoms with Crippen molar-refractivity contribution in [2.75, 3.05) is 6.61 Å². The number of hydrogen-bond donors (Lipinski definition) is 0. The van der Waals surface area contributed by atoms with E-state index in [9.17, 15) is 14.4 Å². The summed E-state index contributed by atoms with van der Waals surface area (Å²) in [7, 11) is 0. The number of rotatable bonds is 2. The molecule has 0 aliphatic heterocycles. The molecule has 0 radical (unpaired) electrons. The molecule has 4 rings (SSSR count). The summed E-state index contributed by atoms with van der Waals surface area (Å²) in [5.41, 5.74) is 0.797. The maximum atomic E-state index is 12.7. The van der Waals surface area contributed by atoms with Crippen LogP contribution in [0.3, 0.4) is 0 Å². The van der Waals surface area contributed by atoms with E-state index in [0.29, 0.717) is 48.9 Å². The fraction of sp³-hybridized carbons (Fsp3) is 0.783. The van der Waals surface area contributed by atoms with Gasteiger partial charge >= 0.3 is 5.97 Å². The fourth-order valence-electron chi connectivity index (χ4n) is 7.45. The highest BCUT2D eigenvalue weighted by Gasteiger charge is 2.63. The van der Waals surface area contributed by atoms with Crippen molar-refractivity contribution in [3.8, 4) is 0 Å². The summed E-state index contributed by atoms with van der Waals surface area (Å²) in [6.07, 6.45) is 6.92. The zero-order chi connectivity index (χ0) is 19.6. The topological polar surface area (TPSA) is 60.4 Å². The Labute approximate surface area is 162 Å². The monoisotopic (exact) mass is 372 g/mol. The number of carbonyl (C=O) groups excluding carboxylic acids is 3. The molecule has 0 amide bonds. The third-order valence-corrected chi connectivity index (χ3v) is 8.74. The number of hydrogen-bond acceptors (Lipinski definition) is 4. The van der Waals surface area contributed by atoms with Crippen LogP contribution in [0.1, 0.15) is 66.2 Å². The molecular weight excluding hydrogens is 340 g/mol. The number of ketones is 2. The molecule has 4 aliphatic rings. The molecule has 7 atom stereocenters. The Hall–Kier alpha value is -1.45. The van der Waals surface area contributed by atoms with Crippen molar-refractivity contribution < 1.29 is 19.1 Å². The standard InChI is InChI=1S/C23H32O4/c1-13-9-16-11-17(25)10-14(2)23(16,12-27-15(3)24)19-7-8-22(4)18(21(13)19)5-6-20(22)26/h11,13-14,18-19,21H,5-10,12H2,1-4H3/t13?,14?,18-,19+,21-,22-,23-/m0/s1. The van der Waals surface area contributed by atoms with Crippen molar-refractivity contribution in [3.05, 3.63) is 11.6 Å². The Balaban J connectivity index is 1.79. The first-order valence-electron chi connectivity index (χ1n) is 10.6. The maximum absolute atomic E-state index is 12.7. The first kappa shape index (κ1) is 18.9. The average Bonchev–Trinajstić information content (AvgIpc) is 2.89. The van der Waals surface area contributed by atoms with E-state index in [0.717, 1.165) is 25.7 Å². The Morgan fingerprint density at radius 2 is 1.93 bits per heavy atom. The number of esters is 1. The van der Waals surface area contributed by atoms with E-state index in [4.69, 9.17) is 4.74 Å². The first-order chi connectivity index (χ1) is 12.7. The number of ether oxygens (including phenoxy) is 1. The van der Waals surface area contributed by atoms with Gasteiger partial charge in [0.15, 0.2) is 5.78 Å². The molecule has 0 spiro atoms. The van der Waals surface area contributed by atoms with Gasteiger partial charge < -0.3 is 4.74 Å². The van der Waals surface area contributed by atoms with Gasteiger partial charge in [0.05, 0.1) is 0 Å². The van der Waals surface area contributed by atoms with E-state index in [2.05, 4.69) is 20.8 Å². The van der Waals surface area contributed by atoms with Crippen LogP contribution >= 0.6 is 0 Å². The van der Waals surface area contributed by atoms with E-state index >= 15 is 0 Å². The van der Waals surface area contributed by atoms with Gasteiger partial charge in [0.1, 0.15) is 12.4 Å². The molecule has 27 heavy (non-hydrogen) atoms. The van der Waals surface area contributed by atoms with Crippen molar-refractivity contribution in [2.45, 2.75) is 66.2 Å². The normalized spacial score (nSPS) is 46.2. The second-order valence-corrected chi connectivity index (χ2v) is 9.95. The summed E-state index contributed by atoms with van der Waals surface area (Å²) < 4.78 is 5.63. The zero-order valence-electron chi connectivity index (χ0n) is 17.0.